The van der Waals surface area contributed by atoms with Crippen molar-refractivity contribution in [2.24, 2.45) is 0 Å². The van der Waals surface area contributed by atoms with Crippen LogP contribution in [-0.4, -0.2) is 21.0 Å². The van der Waals surface area contributed by atoms with Gasteiger partial charge in [0.05, 0.1) is 11.7 Å². The molecule has 0 aliphatic carbocycles. The third kappa shape index (κ3) is 3.26. The Morgan fingerprint density at radius 1 is 1.50 bits per heavy atom. The molecule has 0 aromatic carbocycles. The van der Waals surface area contributed by atoms with Crippen molar-refractivity contribution in [1.29, 1.82) is 0 Å². The largest absolute Gasteiger partial charge is 0.361 e. The Hall–Kier alpha value is -2.11. The van der Waals surface area contributed by atoms with Crippen LogP contribution in [0.4, 0.5) is 0 Å². The predicted octanol–water partition coefficient (Wildman–Crippen LogP) is 2.21. The minimum absolute atomic E-state index is 0.00764. The van der Waals surface area contributed by atoms with E-state index >= 15 is 0 Å². The van der Waals surface area contributed by atoms with Crippen molar-refractivity contribution in [3.63, 3.8) is 0 Å². The fraction of sp³-hybridized carbons (Fsp3) is 0.500. The van der Waals surface area contributed by atoms with E-state index in [9.17, 15) is 4.79 Å². The molecule has 2 heterocycles. The minimum Gasteiger partial charge on any atom is -0.361 e. The number of rotatable bonds is 6. The Labute approximate surface area is 118 Å². The number of hydrogen-bond acceptors (Lipinski definition) is 4. The lowest BCUT2D eigenvalue weighted by molar-refractivity contribution is -0.121. The van der Waals surface area contributed by atoms with Gasteiger partial charge in [-0.15, -0.1) is 0 Å². The lowest BCUT2D eigenvalue weighted by atomic mass is 10.1. The summed E-state index contributed by atoms with van der Waals surface area (Å²) in [6.45, 7) is 5.77. The highest BCUT2D eigenvalue weighted by Crippen LogP contribution is 2.15. The van der Waals surface area contributed by atoms with Crippen molar-refractivity contribution >= 4 is 5.91 Å². The first-order chi connectivity index (χ1) is 9.61. The molecule has 0 radical (unpaired) electrons. The number of nitrogens with zero attached hydrogens (tertiary/aromatic N) is 2. The number of aromatic amines is 1. The number of hydrogen-bond donors (Lipinski definition) is 2. The van der Waals surface area contributed by atoms with E-state index in [1.54, 1.807) is 12.4 Å². The third-order valence-electron chi connectivity index (χ3n) is 3.38. The van der Waals surface area contributed by atoms with Crippen LogP contribution in [0.5, 0.6) is 0 Å². The maximum atomic E-state index is 12.0. The molecule has 1 atom stereocenters. The van der Waals surface area contributed by atoms with E-state index in [4.69, 9.17) is 4.52 Å². The molecule has 0 bridgehead atoms. The van der Waals surface area contributed by atoms with Gasteiger partial charge < -0.3 is 14.8 Å². The van der Waals surface area contributed by atoms with Crippen molar-refractivity contribution in [3.05, 3.63) is 35.2 Å². The second-order valence-corrected chi connectivity index (χ2v) is 4.81. The molecular formula is C14H20N4O2. The number of H-pyrrole nitrogens is 1. The number of carbonyl (C=O) groups excluding carboxylic acids is 1. The van der Waals surface area contributed by atoms with E-state index in [0.717, 1.165) is 29.3 Å². The molecule has 0 aliphatic rings. The van der Waals surface area contributed by atoms with Gasteiger partial charge in [-0.3, -0.25) is 4.79 Å². The summed E-state index contributed by atoms with van der Waals surface area (Å²) < 4.78 is 5.09. The van der Waals surface area contributed by atoms with Gasteiger partial charge in [-0.2, -0.15) is 0 Å². The molecule has 0 saturated carbocycles. The third-order valence-corrected chi connectivity index (χ3v) is 3.38. The number of carbonyl (C=O) groups is 1. The summed E-state index contributed by atoms with van der Waals surface area (Å²) in [5, 5.41) is 6.88. The fourth-order valence-electron chi connectivity index (χ4n) is 2.20. The lowest BCUT2D eigenvalue weighted by Gasteiger charge is -2.14. The van der Waals surface area contributed by atoms with E-state index < -0.39 is 0 Å². The van der Waals surface area contributed by atoms with E-state index in [2.05, 4.69) is 20.4 Å². The summed E-state index contributed by atoms with van der Waals surface area (Å²) in [5.74, 6) is 1.58. The van der Waals surface area contributed by atoms with Crippen LogP contribution in [0.2, 0.25) is 0 Å². The van der Waals surface area contributed by atoms with Crippen LogP contribution in [0.15, 0.2) is 16.9 Å². The molecule has 6 heteroatoms. The number of nitrogens with one attached hydrogen (secondary N) is 2. The summed E-state index contributed by atoms with van der Waals surface area (Å²) in [6, 6.07) is -0.0674. The SMILES string of the molecule is CCC(NC(=O)CCc1c(C)noc1C)c1ncc[nH]1. The Bertz CT molecular complexity index is 540. The molecule has 20 heavy (non-hydrogen) atoms. The molecule has 2 N–H and O–H groups in total. The smallest absolute Gasteiger partial charge is 0.220 e. The first kappa shape index (κ1) is 14.3. The molecule has 0 fully saturated rings. The molecular weight excluding hydrogens is 256 g/mol. The van der Waals surface area contributed by atoms with Gasteiger partial charge in [0.15, 0.2) is 0 Å². The van der Waals surface area contributed by atoms with Gasteiger partial charge in [-0.1, -0.05) is 12.1 Å². The van der Waals surface area contributed by atoms with E-state index in [1.807, 2.05) is 20.8 Å². The highest BCUT2D eigenvalue weighted by Gasteiger charge is 2.16. The Morgan fingerprint density at radius 2 is 2.30 bits per heavy atom. The first-order valence-corrected chi connectivity index (χ1v) is 6.82. The zero-order valence-corrected chi connectivity index (χ0v) is 12.1. The molecule has 6 nitrogen and oxygen atoms in total. The molecule has 2 rings (SSSR count). The molecule has 0 saturated heterocycles. The Morgan fingerprint density at radius 3 is 2.85 bits per heavy atom. The van der Waals surface area contributed by atoms with Crippen LogP contribution >= 0.6 is 0 Å². The molecule has 2 aromatic rings. The van der Waals surface area contributed by atoms with Crippen molar-refractivity contribution in [3.8, 4) is 0 Å². The summed E-state index contributed by atoms with van der Waals surface area (Å²) in [4.78, 5) is 19.2. The second kappa shape index (κ2) is 6.36. The highest BCUT2D eigenvalue weighted by molar-refractivity contribution is 5.76. The molecule has 2 aromatic heterocycles. The lowest BCUT2D eigenvalue weighted by Crippen LogP contribution is -2.29. The second-order valence-electron chi connectivity index (χ2n) is 4.81. The summed E-state index contributed by atoms with van der Waals surface area (Å²) in [7, 11) is 0. The maximum absolute atomic E-state index is 12.0. The van der Waals surface area contributed by atoms with Crippen LogP contribution in [-0.2, 0) is 11.2 Å². The van der Waals surface area contributed by atoms with Crippen LogP contribution in [0.1, 0.15) is 48.6 Å². The standard InChI is InChI=1S/C14H20N4O2/c1-4-12(14-15-7-8-16-14)17-13(19)6-5-11-9(2)18-20-10(11)3/h7-8,12H,4-6H2,1-3H3,(H,15,16)(H,17,19). The predicted molar refractivity (Wildman–Crippen MR) is 74.1 cm³/mol. The van der Waals surface area contributed by atoms with E-state index in [0.29, 0.717) is 12.8 Å². The van der Waals surface area contributed by atoms with Gasteiger partial charge in [0, 0.05) is 24.4 Å². The molecule has 108 valence electrons. The highest BCUT2D eigenvalue weighted by atomic mass is 16.5. The van der Waals surface area contributed by atoms with Gasteiger partial charge in [0.25, 0.3) is 0 Å². The number of aryl methyl sites for hydroxylation is 2. The topological polar surface area (TPSA) is 83.8 Å². The normalized spacial score (nSPS) is 12.3. The summed E-state index contributed by atoms with van der Waals surface area (Å²) in [6.07, 6.45) is 5.30. The Kier molecular flexibility index (Phi) is 4.55. The van der Waals surface area contributed by atoms with Crippen molar-refractivity contribution < 1.29 is 9.32 Å². The van der Waals surface area contributed by atoms with Crippen LogP contribution in [0.25, 0.3) is 0 Å². The zero-order chi connectivity index (χ0) is 14.5. The number of amides is 1. The van der Waals surface area contributed by atoms with Crippen LogP contribution in [0.3, 0.4) is 0 Å². The van der Waals surface area contributed by atoms with Gasteiger partial charge in [0.2, 0.25) is 5.91 Å². The van der Waals surface area contributed by atoms with Crippen LogP contribution in [0, 0.1) is 13.8 Å². The molecule has 1 amide bonds. The van der Waals surface area contributed by atoms with Crippen molar-refractivity contribution in [2.45, 2.75) is 46.1 Å². The molecule has 0 spiro atoms. The van der Waals surface area contributed by atoms with Crippen molar-refractivity contribution in [1.82, 2.24) is 20.4 Å². The number of imidazole rings is 1. The van der Waals surface area contributed by atoms with E-state index in [1.165, 1.54) is 0 Å². The Balaban J connectivity index is 1.89. The monoisotopic (exact) mass is 276 g/mol. The van der Waals surface area contributed by atoms with Crippen molar-refractivity contribution in [2.75, 3.05) is 0 Å². The average Bonchev–Trinajstić information content (AvgIpc) is 3.05. The van der Waals surface area contributed by atoms with Gasteiger partial charge in [-0.05, 0) is 26.7 Å². The summed E-state index contributed by atoms with van der Waals surface area (Å²) in [5.41, 5.74) is 1.87. The maximum Gasteiger partial charge on any atom is 0.220 e. The fourth-order valence-corrected chi connectivity index (χ4v) is 2.20. The van der Waals surface area contributed by atoms with Crippen LogP contribution < -0.4 is 5.32 Å². The van der Waals surface area contributed by atoms with Gasteiger partial charge >= 0.3 is 0 Å². The quantitative estimate of drug-likeness (QED) is 0.847. The molecule has 0 aliphatic heterocycles. The summed E-state index contributed by atoms with van der Waals surface area (Å²) >= 11 is 0. The van der Waals surface area contributed by atoms with Gasteiger partial charge in [0.1, 0.15) is 11.6 Å². The number of aromatic nitrogens is 3. The first-order valence-electron chi connectivity index (χ1n) is 6.82. The zero-order valence-electron chi connectivity index (χ0n) is 12.1. The minimum atomic E-state index is -0.0674. The van der Waals surface area contributed by atoms with E-state index in [-0.39, 0.29) is 11.9 Å². The molecule has 1 unspecified atom stereocenters. The average molecular weight is 276 g/mol. The van der Waals surface area contributed by atoms with Gasteiger partial charge in [-0.25, -0.2) is 4.98 Å².